The number of aromatic nitrogens is 1. The molecule has 0 saturated heterocycles. The third-order valence-electron chi connectivity index (χ3n) is 3.66. The zero-order valence-corrected chi connectivity index (χ0v) is 13.0. The summed E-state index contributed by atoms with van der Waals surface area (Å²) >= 11 is 1.56. The molecule has 4 heteroatoms. The number of hydrogen-bond acceptors (Lipinski definition) is 3. The molecule has 2 rings (SSSR count). The average molecular weight is 280 g/mol. The molecule has 0 unspecified atom stereocenters. The summed E-state index contributed by atoms with van der Waals surface area (Å²) < 4.78 is 0. The highest BCUT2D eigenvalue weighted by atomic mass is 32.1. The number of amides is 1. The van der Waals surface area contributed by atoms with Gasteiger partial charge in [-0.3, -0.25) is 4.79 Å². The van der Waals surface area contributed by atoms with E-state index in [9.17, 15) is 4.79 Å². The number of nitrogens with zero attached hydrogens (tertiary/aromatic N) is 1. The van der Waals surface area contributed by atoms with Crippen molar-refractivity contribution in [3.8, 4) is 0 Å². The molecule has 0 atom stereocenters. The largest absolute Gasteiger partial charge is 0.351 e. The van der Waals surface area contributed by atoms with Crippen LogP contribution in [0.1, 0.15) is 59.9 Å². The highest BCUT2D eigenvalue weighted by molar-refractivity contribution is 7.13. The minimum atomic E-state index is 0.0666. The van der Waals surface area contributed by atoms with Crippen LogP contribution in [0.15, 0.2) is 0 Å². The second-order valence-corrected chi connectivity index (χ2v) is 7.06. The second kappa shape index (κ2) is 6.51. The zero-order valence-electron chi connectivity index (χ0n) is 12.2. The molecule has 0 bridgehead atoms. The van der Waals surface area contributed by atoms with E-state index in [-0.39, 0.29) is 5.91 Å². The van der Waals surface area contributed by atoms with Crippen LogP contribution < -0.4 is 5.32 Å². The van der Waals surface area contributed by atoms with Crippen LogP contribution in [0.2, 0.25) is 0 Å². The van der Waals surface area contributed by atoms with Crippen molar-refractivity contribution in [2.24, 2.45) is 11.8 Å². The molecule has 1 fully saturated rings. The van der Waals surface area contributed by atoms with Gasteiger partial charge in [0, 0.05) is 13.0 Å². The van der Waals surface area contributed by atoms with E-state index in [1.54, 1.807) is 11.3 Å². The van der Waals surface area contributed by atoms with Gasteiger partial charge in [0.15, 0.2) is 0 Å². The number of carbonyl (C=O) groups excluding carboxylic acids is 1. The van der Waals surface area contributed by atoms with Gasteiger partial charge in [-0.1, -0.05) is 26.7 Å². The molecule has 0 aromatic carbocycles. The molecule has 1 aromatic rings. The van der Waals surface area contributed by atoms with E-state index in [1.165, 1.54) is 25.7 Å². The average Bonchev–Trinajstić information content (AvgIpc) is 2.95. The highest BCUT2D eigenvalue weighted by Gasteiger charge is 2.19. The molecule has 1 aliphatic carbocycles. The Bertz CT molecular complexity index is 433. The summed E-state index contributed by atoms with van der Waals surface area (Å²) in [6.07, 6.45) is 6.12. The van der Waals surface area contributed by atoms with Crippen molar-refractivity contribution in [1.82, 2.24) is 10.3 Å². The molecule has 3 nitrogen and oxygen atoms in total. The van der Waals surface area contributed by atoms with Crippen molar-refractivity contribution in [2.75, 3.05) is 6.54 Å². The Morgan fingerprint density at radius 3 is 2.74 bits per heavy atom. The first-order valence-electron chi connectivity index (χ1n) is 7.30. The standard InChI is InChI=1S/C15H24N2OS/c1-10(2)8-13-17-11(3)14(19-13)15(18)16-9-12-6-4-5-7-12/h10,12H,4-9H2,1-3H3,(H,16,18). The quantitative estimate of drug-likeness (QED) is 0.896. The van der Waals surface area contributed by atoms with E-state index < -0.39 is 0 Å². The Kier molecular flexibility index (Phi) is 4.97. The Hall–Kier alpha value is -0.900. The molecule has 106 valence electrons. The van der Waals surface area contributed by atoms with Gasteiger partial charge in [0.2, 0.25) is 0 Å². The summed E-state index contributed by atoms with van der Waals surface area (Å²) in [5, 5.41) is 4.16. The van der Waals surface area contributed by atoms with Crippen molar-refractivity contribution in [1.29, 1.82) is 0 Å². The molecule has 0 aliphatic heterocycles. The predicted octanol–water partition coefficient (Wildman–Crippen LogP) is 3.57. The van der Waals surface area contributed by atoms with E-state index in [4.69, 9.17) is 0 Å². The molecule has 19 heavy (non-hydrogen) atoms. The van der Waals surface area contributed by atoms with Gasteiger partial charge in [0.1, 0.15) is 4.88 Å². The lowest BCUT2D eigenvalue weighted by Crippen LogP contribution is -2.28. The number of nitrogens with one attached hydrogen (secondary N) is 1. The van der Waals surface area contributed by atoms with Crippen LogP contribution in [-0.4, -0.2) is 17.4 Å². The van der Waals surface area contributed by atoms with Gasteiger partial charge >= 0.3 is 0 Å². The molecular weight excluding hydrogens is 256 g/mol. The fourth-order valence-corrected chi connectivity index (χ4v) is 3.82. The smallest absolute Gasteiger partial charge is 0.263 e. The molecule has 1 saturated carbocycles. The van der Waals surface area contributed by atoms with E-state index in [0.29, 0.717) is 11.8 Å². The Morgan fingerprint density at radius 1 is 1.42 bits per heavy atom. The Labute approximate surface area is 119 Å². The first-order chi connectivity index (χ1) is 9.06. The molecule has 1 N–H and O–H groups in total. The molecule has 1 aliphatic rings. The number of hydrogen-bond donors (Lipinski definition) is 1. The Balaban J connectivity index is 1.92. The SMILES string of the molecule is Cc1nc(CC(C)C)sc1C(=O)NCC1CCCC1. The molecule has 0 radical (unpaired) electrons. The maximum Gasteiger partial charge on any atom is 0.263 e. The lowest BCUT2D eigenvalue weighted by molar-refractivity contribution is 0.0950. The summed E-state index contributed by atoms with van der Waals surface area (Å²) in [6, 6.07) is 0. The maximum atomic E-state index is 12.2. The van der Waals surface area contributed by atoms with Crippen LogP contribution >= 0.6 is 11.3 Å². The van der Waals surface area contributed by atoms with E-state index in [0.717, 1.165) is 28.5 Å². The van der Waals surface area contributed by atoms with Gasteiger partial charge in [0.05, 0.1) is 10.7 Å². The van der Waals surface area contributed by atoms with Crippen molar-refractivity contribution >= 4 is 17.2 Å². The van der Waals surface area contributed by atoms with Gasteiger partial charge < -0.3 is 5.32 Å². The van der Waals surface area contributed by atoms with Crippen molar-refractivity contribution in [2.45, 2.75) is 52.9 Å². The van der Waals surface area contributed by atoms with Crippen LogP contribution in [-0.2, 0) is 6.42 Å². The van der Waals surface area contributed by atoms with E-state index in [2.05, 4.69) is 24.1 Å². The number of thiazole rings is 1. The monoisotopic (exact) mass is 280 g/mol. The van der Waals surface area contributed by atoms with Crippen molar-refractivity contribution in [3.05, 3.63) is 15.6 Å². The highest BCUT2D eigenvalue weighted by Crippen LogP contribution is 2.24. The number of rotatable bonds is 5. The zero-order chi connectivity index (χ0) is 13.8. The first-order valence-corrected chi connectivity index (χ1v) is 8.12. The molecule has 1 aromatic heterocycles. The van der Waals surface area contributed by atoms with E-state index in [1.807, 2.05) is 6.92 Å². The summed E-state index contributed by atoms with van der Waals surface area (Å²) in [6.45, 7) is 7.12. The second-order valence-electron chi connectivity index (χ2n) is 5.98. The summed E-state index contributed by atoms with van der Waals surface area (Å²) in [7, 11) is 0. The van der Waals surface area contributed by atoms with Crippen LogP contribution in [0.25, 0.3) is 0 Å². The van der Waals surface area contributed by atoms with Crippen LogP contribution in [0.4, 0.5) is 0 Å². The first kappa shape index (κ1) is 14.5. The van der Waals surface area contributed by atoms with Gasteiger partial charge in [-0.05, 0) is 31.6 Å². The minimum Gasteiger partial charge on any atom is -0.351 e. The number of carbonyl (C=O) groups is 1. The van der Waals surface area contributed by atoms with Crippen molar-refractivity contribution < 1.29 is 4.79 Å². The topological polar surface area (TPSA) is 42.0 Å². The minimum absolute atomic E-state index is 0.0666. The third-order valence-corrected chi connectivity index (χ3v) is 4.83. The number of aryl methyl sites for hydroxylation is 1. The van der Waals surface area contributed by atoms with Crippen LogP contribution in [0.3, 0.4) is 0 Å². The molecular formula is C15H24N2OS. The summed E-state index contributed by atoms with van der Waals surface area (Å²) in [5.74, 6) is 1.34. The maximum absolute atomic E-state index is 12.2. The van der Waals surface area contributed by atoms with Gasteiger partial charge in [-0.25, -0.2) is 4.98 Å². The normalized spacial score (nSPS) is 16.2. The fourth-order valence-electron chi connectivity index (χ4n) is 2.63. The third kappa shape index (κ3) is 4.03. The van der Waals surface area contributed by atoms with E-state index >= 15 is 0 Å². The predicted molar refractivity (Wildman–Crippen MR) is 79.7 cm³/mol. The lowest BCUT2D eigenvalue weighted by atomic mass is 10.1. The molecule has 1 amide bonds. The summed E-state index contributed by atoms with van der Waals surface area (Å²) in [5.41, 5.74) is 0.879. The summed E-state index contributed by atoms with van der Waals surface area (Å²) in [4.78, 5) is 17.5. The van der Waals surface area contributed by atoms with Gasteiger partial charge in [-0.15, -0.1) is 11.3 Å². The molecule has 0 spiro atoms. The van der Waals surface area contributed by atoms with Crippen LogP contribution in [0, 0.1) is 18.8 Å². The lowest BCUT2D eigenvalue weighted by Gasteiger charge is -2.09. The molecule has 1 heterocycles. The van der Waals surface area contributed by atoms with Crippen molar-refractivity contribution in [3.63, 3.8) is 0 Å². The fraction of sp³-hybridized carbons (Fsp3) is 0.733. The Morgan fingerprint density at radius 2 is 2.11 bits per heavy atom. The van der Waals surface area contributed by atoms with Gasteiger partial charge in [0.25, 0.3) is 5.91 Å². The van der Waals surface area contributed by atoms with Gasteiger partial charge in [-0.2, -0.15) is 0 Å². The van der Waals surface area contributed by atoms with Crippen LogP contribution in [0.5, 0.6) is 0 Å².